The molecule has 4 heteroatoms. The van der Waals surface area contributed by atoms with Gasteiger partial charge in [0.1, 0.15) is 5.92 Å². The van der Waals surface area contributed by atoms with Gasteiger partial charge in [-0.15, -0.1) is 0 Å². The van der Waals surface area contributed by atoms with E-state index in [4.69, 9.17) is 0 Å². The van der Waals surface area contributed by atoms with Crippen LogP contribution in [0.25, 0.3) is 0 Å². The van der Waals surface area contributed by atoms with Crippen molar-refractivity contribution in [2.24, 2.45) is 16.9 Å². The molecule has 1 heterocycles. The van der Waals surface area contributed by atoms with E-state index in [1.807, 2.05) is 37.3 Å². The molecule has 1 aromatic rings. The molecule has 0 aliphatic carbocycles. The van der Waals surface area contributed by atoms with E-state index < -0.39 is 5.92 Å². The summed E-state index contributed by atoms with van der Waals surface area (Å²) in [6.45, 7) is 5.95. The van der Waals surface area contributed by atoms with Crippen molar-refractivity contribution < 1.29 is 9.59 Å². The minimum Gasteiger partial charge on any atom is -0.298 e. The first-order valence-electron chi connectivity index (χ1n) is 8.58. The molecular formula is C19H26N2O2. The quantitative estimate of drug-likeness (QED) is 0.533. The number of hydrogen-bond acceptors (Lipinski definition) is 3. The maximum absolute atomic E-state index is 12.8. The zero-order valence-corrected chi connectivity index (χ0v) is 14.3. The van der Waals surface area contributed by atoms with E-state index >= 15 is 0 Å². The van der Waals surface area contributed by atoms with Gasteiger partial charge >= 0.3 is 0 Å². The molecule has 0 N–H and O–H groups in total. The van der Waals surface area contributed by atoms with E-state index in [1.54, 1.807) is 6.92 Å². The smallest absolute Gasteiger partial charge is 0.263 e. The van der Waals surface area contributed by atoms with Crippen LogP contribution in [0.2, 0.25) is 0 Å². The largest absolute Gasteiger partial charge is 0.298 e. The molecule has 1 amide bonds. The third-order valence-corrected chi connectivity index (χ3v) is 4.47. The number of benzene rings is 1. The van der Waals surface area contributed by atoms with Crippen molar-refractivity contribution in [2.75, 3.05) is 5.01 Å². The fourth-order valence-electron chi connectivity index (χ4n) is 3.07. The van der Waals surface area contributed by atoms with Crippen LogP contribution in [-0.4, -0.2) is 17.4 Å². The Labute approximate surface area is 138 Å². The van der Waals surface area contributed by atoms with Crippen LogP contribution in [0.3, 0.4) is 0 Å². The van der Waals surface area contributed by atoms with E-state index in [1.165, 1.54) is 5.01 Å². The summed E-state index contributed by atoms with van der Waals surface area (Å²) in [5, 5.41) is 5.71. The molecule has 0 radical (unpaired) electrons. The monoisotopic (exact) mass is 314 g/mol. The number of unbranched alkanes of at least 4 members (excludes halogenated alkanes) is 2. The van der Waals surface area contributed by atoms with Crippen molar-refractivity contribution in [1.82, 2.24) is 0 Å². The van der Waals surface area contributed by atoms with Crippen molar-refractivity contribution in [2.45, 2.75) is 52.9 Å². The Balaban J connectivity index is 2.12. The minimum absolute atomic E-state index is 0.0354. The highest BCUT2D eigenvalue weighted by Gasteiger charge is 2.41. The molecule has 0 bridgehead atoms. The SMILES string of the molecule is CCCCC[C@@H](CC)C(=O)[C@H]1C(=O)N(c2ccccc2)N=C1C. The summed E-state index contributed by atoms with van der Waals surface area (Å²) in [5.74, 6) is -0.931. The van der Waals surface area contributed by atoms with Crippen LogP contribution in [0.15, 0.2) is 35.4 Å². The Morgan fingerprint density at radius 3 is 2.52 bits per heavy atom. The molecule has 23 heavy (non-hydrogen) atoms. The fraction of sp³-hybridized carbons (Fsp3) is 0.526. The van der Waals surface area contributed by atoms with Gasteiger partial charge in [0.15, 0.2) is 5.78 Å². The average Bonchev–Trinajstić information content (AvgIpc) is 2.86. The van der Waals surface area contributed by atoms with Gasteiger partial charge in [-0.25, -0.2) is 0 Å². The molecule has 0 aromatic heterocycles. The Morgan fingerprint density at radius 2 is 1.91 bits per heavy atom. The number of ketones is 1. The lowest BCUT2D eigenvalue weighted by Gasteiger charge is -2.18. The first-order valence-corrected chi connectivity index (χ1v) is 8.58. The normalized spacial score (nSPS) is 18.9. The van der Waals surface area contributed by atoms with Crippen LogP contribution in [0.5, 0.6) is 0 Å². The molecule has 0 spiro atoms. The number of para-hydroxylation sites is 1. The van der Waals surface area contributed by atoms with Crippen LogP contribution in [0, 0.1) is 11.8 Å². The number of carbonyl (C=O) groups is 2. The van der Waals surface area contributed by atoms with E-state index in [2.05, 4.69) is 12.0 Å². The zero-order chi connectivity index (χ0) is 16.8. The second-order valence-electron chi connectivity index (χ2n) is 6.16. The van der Waals surface area contributed by atoms with Crippen molar-refractivity contribution in [3.05, 3.63) is 30.3 Å². The van der Waals surface area contributed by atoms with Crippen molar-refractivity contribution in [1.29, 1.82) is 0 Å². The summed E-state index contributed by atoms with van der Waals surface area (Å²) in [5.41, 5.74) is 1.32. The maximum Gasteiger partial charge on any atom is 0.263 e. The van der Waals surface area contributed by atoms with E-state index in [9.17, 15) is 9.59 Å². The summed E-state index contributed by atoms with van der Waals surface area (Å²) in [7, 11) is 0. The summed E-state index contributed by atoms with van der Waals surface area (Å²) in [4.78, 5) is 25.5. The molecule has 1 aromatic carbocycles. The molecular weight excluding hydrogens is 288 g/mol. The topological polar surface area (TPSA) is 49.7 Å². The van der Waals surface area contributed by atoms with Crippen LogP contribution < -0.4 is 5.01 Å². The highest BCUT2D eigenvalue weighted by Crippen LogP contribution is 2.28. The lowest BCUT2D eigenvalue weighted by molar-refractivity contribution is -0.131. The third-order valence-electron chi connectivity index (χ3n) is 4.47. The van der Waals surface area contributed by atoms with E-state index in [0.717, 1.165) is 32.1 Å². The number of hydrogen-bond donors (Lipinski definition) is 0. The maximum atomic E-state index is 12.8. The Hall–Kier alpha value is -1.97. The number of carbonyl (C=O) groups excluding carboxylic acids is 2. The van der Waals surface area contributed by atoms with Gasteiger partial charge in [0.05, 0.1) is 11.4 Å². The highest BCUT2D eigenvalue weighted by molar-refractivity contribution is 6.27. The Morgan fingerprint density at radius 1 is 1.22 bits per heavy atom. The predicted octanol–water partition coefficient (Wildman–Crippen LogP) is 4.20. The minimum atomic E-state index is -0.707. The van der Waals surface area contributed by atoms with Gasteiger partial charge in [-0.3, -0.25) is 9.59 Å². The van der Waals surface area contributed by atoms with E-state index in [0.29, 0.717) is 11.4 Å². The number of nitrogens with zero attached hydrogens (tertiary/aromatic N) is 2. The van der Waals surface area contributed by atoms with Gasteiger partial charge < -0.3 is 0 Å². The van der Waals surface area contributed by atoms with E-state index in [-0.39, 0.29) is 17.6 Å². The van der Waals surface area contributed by atoms with Crippen LogP contribution >= 0.6 is 0 Å². The standard InChI is InChI=1S/C19H26N2O2/c1-4-6-8-11-15(5-2)18(22)17-14(3)20-21(19(17)23)16-12-9-7-10-13-16/h7,9-10,12-13,15,17H,4-6,8,11H2,1-3H3/t15-,17+/m1/s1. The molecule has 0 unspecified atom stereocenters. The number of hydrazone groups is 1. The second kappa shape index (κ2) is 8.04. The first-order chi connectivity index (χ1) is 11.1. The second-order valence-corrected chi connectivity index (χ2v) is 6.16. The molecule has 1 aliphatic heterocycles. The van der Waals surface area contributed by atoms with Crippen LogP contribution in [0.1, 0.15) is 52.9 Å². The molecule has 0 saturated heterocycles. The molecule has 0 saturated carbocycles. The molecule has 0 fully saturated rings. The summed E-state index contributed by atoms with van der Waals surface area (Å²) < 4.78 is 0. The fourth-order valence-corrected chi connectivity index (χ4v) is 3.07. The first kappa shape index (κ1) is 17.4. The van der Waals surface area contributed by atoms with Crippen molar-refractivity contribution in [3.8, 4) is 0 Å². The van der Waals surface area contributed by atoms with Crippen molar-refractivity contribution in [3.63, 3.8) is 0 Å². The third kappa shape index (κ3) is 3.87. The van der Waals surface area contributed by atoms with Gasteiger partial charge in [-0.05, 0) is 31.9 Å². The number of rotatable bonds is 8. The number of Topliss-reactive ketones (excluding diaryl/α,β-unsaturated/α-hetero) is 1. The number of anilines is 1. The summed E-state index contributed by atoms with van der Waals surface area (Å²) >= 11 is 0. The lowest BCUT2D eigenvalue weighted by atomic mass is 9.85. The predicted molar refractivity (Wildman–Crippen MR) is 93.5 cm³/mol. The summed E-state index contributed by atoms with van der Waals surface area (Å²) in [6.07, 6.45) is 4.96. The van der Waals surface area contributed by atoms with Gasteiger partial charge in [-0.2, -0.15) is 10.1 Å². The average molecular weight is 314 g/mol. The zero-order valence-electron chi connectivity index (χ0n) is 14.3. The number of amides is 1. The molecule has 124 valence electrons. The van der Waals surface area contributed by atoms with Crippen LogP contribution in [-0.2, 0) is 9.59 Å². The Bertz CT molecular complexity index is 580. The van der Waals surface area contributed by atoms with Gasteiger partial charge in [0.2, 0.25) is 0 Å². The highest BCUT2D eigenvalue weighted by atomic mass is 16.2. The van der Waals surface area contributed by atoms with Crippen molar-refractivity contribution >= 4 is 23.1 Å². The summed E-state index contributed by atoms with van der Waals surface area (Å²) in [6, 6.07) is 9.29. The molecule has 4 nitrogen and oxygen atoms in total. The van der Waals surface area contributed by atoms with Gasteiger partial charge in [0.25, 0.3) is 5.91 Å². The van der Waals surface area contributed by atoms with Crippen LogP contribution in [0.4, 0.5) is 5.69 Å². The van der Waals surface area contributed by atoms with Gasteiger partial charge in [-0.1, -0.05) is 51.3 Å². The van der Waals surface area contributed by atoms with Gasteiger partial charge in [0, 0.05) is 5.92 Å². The lowest BCUT2D eigenvalue weighted by Crippen LogP contribution is -2.36. The molecule has 2 rings (SSSR count). The molecule has 2 atom stereocenters. The Kier molecular flexibility index (Phi) is 6.08. The molecule has 1 aliphatic rings.